The van der Waals surface area contributed by atoms with Crippen LogP contribution in [0.15, 0.2) is 60.7 Å². The zero-order valence-corrected chi connectivity index (χ0v) is 16.0. The lowest BCUT2D eigenvalue weighted by atomic mass is 10.1. The number of allylic oxidation sites excluding steroid dienone is 2. The van der Waals surface area contributed by atoms with Gasteiger partial charge in [0.15, 0.2) is 0 Å². The van der Waals surface area contributed by atoms with E-state index in [9.17, 15) is 9.59 Å². The fraction of sp³-hybridized carbons (Fsp3) is 0.273. The van der Waals surface area contributed by atoms with Gasteiger partial charge in [-0.25, -0.2) is 9.59 Å². The lowest BCUT2D eigenvalue weighted by Crippen LogP contribution is -2.22. The van der Waals surface area contributed by atoms with Crippen molar-refractivity contribution in [1.82, 2.24) is 4.90 Å². The topological polar surface area (TPSA) is 55.8 Å². The second kappa shape index (κ2) is 10.2. The molecule has 0 N–H and O–H groups in total. The van der Waals surface area contributed by atoms with Crippen LogP contribution in [0.4, 0.5) is 4.79 Å². The van der Waals surface area contributed by atoms with Crippen molar-refractivity contribution in [2.75, 3.05) is 20.7 Å². The average molecular weight is 367 g/mol. The number of unbranched alkanes of at least 4 members (excludes halogenated alkanes) is 1. The number of fused-ring (bicyclic) bond motifs is 1. The third kappa shape index (κ3) is 6.29. The second-order valence-corrected chi connectivity index (χ2v) is 6.24. The van der Waals surface area contributed by atoms with Crippen LogP contribution in [0.5, 0.6) is 0 Å². The van der Waals surface area contributed by atoms with Crippen LogP contribution in [0.25, 0.3) is 16.5 Å². The Labute approximate surface area is 159 Å². The monoisotopic (exact) mass is 367 g/mol. The van der Waals surface area contributed by atoms with Crippen molar-refractivity contribution in [1.29, 1.82) is 0 Å². The molecule has 2 rings (SSSR count). The Morgan fingerprint density at radius 1 is 1.07 bits per heavy atom. The minimum Gasteiger partial charge on any atom is -0.463 e. The molecule has 27 heavy (non-hydrogen) atoms. The summed E-state index contributed by atoms with van der Waals surface area (Å²) in [6, 6.07) is 13.7. The first kappa shape index (κ1) is 20.2. The highest BCUT2D eigenvalue weighted by Crippen LogP contribution is 2.23. The highest BCUT2D eigenvalue weighted by atomic mass is 16.6. The molecule has 0 bridgehead atoms. The fourth-order valence-corrected chi connectivity index (χ4v) is 2.30. The highest BCUT2D eigenvalue weighted by molar-refractivity contribution is 5.87. The number of ether oxygens (including phenoxy) is 2. The molecule has 2 aromatic carbocycles. The smallest absolute Gasteiger partial charge is 0.414 e. The van der Waals surface area contributed by atoms with Crippen LogP contribution in [0, 0.1) is 0 Å². The Balaban J connectivity index is 2.24. The van der Waals surface area contributed by atoms with Gasteiger partial charge in [-0.2, -0.15) is 0 Å². The van der Waals surface area contributed by atoms with Crippen molar-refractivity contribution in [2.24, 2.45) is 0 Å². The van der Waals surface area contributed by atoms with Crippen molar-refractivity contribution in [2.45, 2.75) is 19.8 Å². The minimum atomic E-state index is -0.492. The molecular weight excluding hydrogens is 342 g/mol. The molecule has 0 aliphatic heterocycles. The molecule has 2 aromatic rings. The zero-order valence-electron chi connectivity index (χ0n) is 16.0. The maximum atomic E-state index is 12.0. The molecule has 0 unspecified atom stereocenters. The second-order valence-electron chi connectivity index (χ2n) is 6.24. The summed E-state index contributed by atoms with van der Waals surface area (Å²) < 4.78 is 10.5. The van der Waals surface area contributed by atoms with E-state index < -0.39 is 12.1 Å². The quantitative estimate of drug-likeness (QED) is 0.232. The van der Waals surface area contributed by atoms with E-state index >= 15 is 0 Å². The zero-order chi connectivity index (χ0) is 19.6. The number of hydrogen-bond acceptors (Lipinski definition) is 4. The van der Waals surface area contributed by atoms with Crippen LogP contribution >= 0.6 is 0 Å². The van der Waals surface area contributed by atoms with Gasteiger partial charge in [-0.3, -0.25) is 0 Å². The van der Waals surface area contributed by atoms with Crippen molar-refractivity contribution < 1.29 is 19.1 Å². The van der Waals surface area contributed by atoms with Gasteiger partial charge in [0.05, 0.1) is 6.61 Å². The summed E-state index contributed by atoms with van der Waals surface area (Å²) in [5, 5.41) is 2.12. The molecule has 0 atom stereocenters. The summed E-state index contributed by atoms with van der Waals surface area (Å²) >= 11 is 0. The molecule has 0 aromatic heterocycles. The molecule has 0 spiro atoms. The van der Waals surface area contributed by atoms with E-state index in [1.165, 1.54) is 17.1 Å². The van der Waals surface area contributed by atoms with E-state index in [0.29, 0.717) is 12.4 Å². The molecule has 0 fully saturated rings. The number of benzene rings is 2. The van der Waals surface area contributed by atoms with E-state index in [4.69, 9.17) is 9.47 Å². The largest absolute Gasteiger partial charge is 0.463 e. The Morgan fingerprint density at radius 2 is 1.81 bits per heavy atom. The average Bonchev–Trinajstić information content (AvgIpc) is 2.66. The number of amides is 1. The van der Waals surface area contributed by atoms with Gasteiger partial charge in [0.2, 0.25) is 0 Å². The van der Waals surface area contributed by atoms with Gasteiger partial charge in [0.25, 0.3) is 0 Å². The predicted octanol–water partition coefficient (Wildman–Crippen LogP) is 4.78. The van der Waals surface area contributed by atoms with Gasteiger partial charge in [-0.1, -0.05) is 55.8 Å². The first-order valence-electron chi connectivity index (χ1n) is 8.94. The first-order chi connectivity index (χ1) is 13.0. The van der Waals surface area contributed by atoms with Gasteiger partial charge in [-0.15, -0.1) is 0 Å². The Morgan fingerprint density at radius 3 is 2.52 bits per heavy atom. The molecule has 142 valence electrons. The number of carbonyl (C=O) groups excluding carboxylic acids is 2. The molecular formula is C22H25NO4. The first-order valence-corrected chi connectivity index (χ1v) is 8.94. The number of rotatable bonds is 7. The molecule has 1 amide bonds. The van der Waals surface area contributed by atoms with Crippen LogP contribution in [-0.4, -0.2) is 37.7 Å². The SMILES string of the molecule is CCCCOC(=O)/C=C/C=C(/OC(=O)N(C)C)c1ccc2ccccc2c1. The number of carbonyl (C=O) groups is 2. The predicted molar refractivity (Wildman–Crippen MR) is 107 cm³/mol. The van der Waals surface area contributed by atoms with Crippen molar-refractivity contribution in [3.63, 3.8) is 0 Å². The lowest BCUT2D eigenvalue weighted by molar-refractivity contribution is -0.137. The number of nitrogens with zero attached hydrogens (tertiary/aromatic N) is 1. The molecule has 0 saturated heterocycles. The van der Waals surface area contributed by atoms with E-state index in [1.807, 2.05) is 49.4 Å². The van der Waals surface area contributed by atoms with Gasteiger partial charge in [0, 0.05) is 25.7 Å². The van der Waals surface area contributed by atoms with Crippen LogP contribution in [0.3, 0.4) is 0 Å². The third-order valence-corrected chi connectivity index (χ3v) is 3.82. The Bertz CT molecular complexity index is 852. The van der Waals surface area contributed by atoms with Crippen molar-refractivity contribution >= 4 is 28.6 Å². The van der Waals surface area contributed by atoms with E-state index in [1.54, 1.807) is 20.2 Å². The van der Waals surface area contributed by atoms with Gasteiger partial charge >= 0.3 is 12.1 Å². The Kier molecular flexibility index (Phi) is 7.62. The highest BCUT2D eigenvalue weighted by Gasteiger charge is 2.11. The van der Waals surface area contributed by atoms with E-state index in [-0.39, 0.29) is 0 Å². The van der Waals surface area contributed by atoms with Crippen LogP contribution in [0.1, 0.15) is 25.3 Å². The maximum absolute atomic E-state index is 12.0. The van der Waals surface area contributed by atoms with Gasteiger partial charge in [0.1, 0.15) is 5.76 Å². The van der Waals surface area contributed by atoms with Crippen LogP contribution < -0.4 is 0 Å². The standard InChI is InChI=1S/C22H25NO4/c1-4-5-15-26-21(24)12-8-11-20(27-22(25)23(2)3)19-14-13-17-9-6-7-10-18(17)16-19/h6-14,16H,4-5,15H2,1-3H3/b12-8+,20-11+. The van der Waals surface area contributed by atoms with E-state index in [0.717, 1.165) is 29.2 Å². The fourth-order valence-electron chi connectivity index (χ4n) is 2.30. The molecule has 0 heterocycles. The normalized spacial score (nSPS) is 11.6. The van der Waals surface area contributed by atoms with Crippen molar-refractivity contribution in [3.8, 4) is 0 Å². The van der Waals surface area contributed by atoms with Crippen LogP contribution in [-0.2, 0) is 14.3 Å². The van der Waals surface area contributed by atoms with Gasteiger partial charge in [-0.05, 0) is 29.3 Å². The third-order valence-electron chi connectivity index (χ3n) is 3.82. The lowest BCUT2D eigenvalue weighted by Gasteiger charge is -2.14. The Hall–Kier alpha value is -3.08. The van der Waals surface area contributed by atoms with Gasteiger partial charge < -0.3 is 14.4 Å². The summed E-state index contributed by atoms with van der Waals surface area (Å²) in [5.74, 6) is -0.0615. The summed E-state index contributed by atoms with van der Waals surface area (Å²) in [4.78, 5) is 25.0. The maximum Gasteiger partial charge on any atom is 0.414 e. The van der Waals surface area contributed by atoms with Crippen molar-refractivity contribution in [3.05, 3.63) is 66.3 Å². The summed E-state index contributed by atoms with van der Waals surface area (Å²) in [5.41, 5.74) is 0.743. The molecule has 0 saturated carbocycles. The molecule has 5 heteroatoms. The molecule has 0 radical (unpaired) electrons. The molecule has 0 aliphatic carbocycles. The van der Waals surface area contributed by atoms with E-state index in [2.05, 4.69) is 0 Å². The summed E-state index contributed by atoms with van der Waals surface area (Å²) in [7, 11) is 3.22. The summed E-state index contributed by atoms with van der Waals surface area (Å²) in [6.45, 7) is 2.43. The number of hydrogen-bond donors (Lipinski definition) is 0. The number of esters is 1. The molecule has 5 nitrogen and oxygen atoms in total. The van der Waals surface area contributed by atoms with Crippen LogP contribution in [0.2, 0.25) is 0 Å². The molecule has 0 aliphatic rings. The minimum absolute atomic E-state index is 0.358. The summed E-state index contributed by atoms with van der Waals surface area (Å²) in [6.07, 6.45) is 5.74.